The molecule has 1 saturated carbocycles. The molecule has 4 rings (SSSR count). The molecule has 0 saturated heterocycles. The van der Waals surface area contributed by atoms with Crippen molar-refractivity contribution >= 4 is 18.0 Å². The van der Waals surface area contributed by atoms with Gasteiger partial charge in [0.2, 0.25) is 5.91 Å². The zero-order valence-corrected chi connectivity index (χ0v) is 19.5. The van der Waals surface area contributed by atoms with E-state index in [1.54, 1.807) is 0 Å². The van der Waals surface area contributed by atoms with Gasteiger partial charge in [0.25, 0.3) is 5.92 Å². The largest absolute Gasteiger partial charge is 0.481 e. The van der Waals surface area contributed by atoms with Crippen molar-refractivity contribution in [2.45, 2.75) is 38.2 Å². The van der Waals surface area contributed by atoms with Crippen LogP contribution in [0.4, 0.5) is 13.6 Å². The lowest BCUT2D eigenvalue weighted by atomic mass is 9.98. The third-order valence-corrected chi connectivity index (χ3v) is 6.84. The van der Waals surface area contributed by atoms with Crippen LogP contribution in [0.25, 0.3) is 11.1 Å². The van der Waals surface area contributed by atoms with Crippen LogP contribution in [-0.2, 0) is 14.3 Å². The quantitative estimate of drug-likeness (QED) is 0.497. The molecule has 2 aromatic carbocycles. The van der Waals surface area contributed by atoms with Crippen molar-refractivity contribution in [2.24, 2.45) is 17.8 Å². The summed E-state index contributed by atoms with van der Waals surface area (Å²) in [5, 5.41) is 13.9. The molecule has 1 fully saturated rings. The van der Waals surface area contributed by atoms with Gasteiger partial charge in [-0.25, -0.2) is 13.6 Å². The van der Waals surface area contributed by atoms with E-state index >= 15 is 0 Å². The maximum atomic E-state index is 13.5. The van der Waals surface area contributed by atoms with Crippen LogP contribution in [0.3, 0.4) is 0 Å². The van der Waals surface area contributed by atoms with Gasteiger partial charge in [-0.15, -0.1) is 0 Å². The Kier molecular flexibility index (Phi) is 6.78. The Labute approximate surface area is 201 Å². The molecular weight excluding hydrogens is 458 g/mol. The second-order valence-corrected chi connectivity index (χ2v) is 9.43. The fourth-order valence-corrected chi connectivity index (χ4v) is 4.72. The average Bonchev–Trinajstić information content (AvgIpc) is 3.23. The molecule has 186 valence electrons. The van der Waals surface area contributed by atoms with Gasteiger partial charge in [0, 0.05) is 24.9 Å². The standard InChI is InChI=1S/C26H28F2N2O5/c1-14(2)21(11-22(31)29-12-20-23(24(32)33)26(20,27)28)30-25(34)35-13-19-17-9-5-3-7-15(17)16-8-4-6-10-18(16)19/h3-10,14,19-21,23H,11-13H2,1-2H3,(H,29,31)(H,30,34)(H,32,33)/t20-,21+,23-/m1/s1. The minimum absolute atomic E-state index is 0.101. The highest BCUT2D eigenvalue weighted by atomic mass is 19.3. The van der Waals surface area contributed by atoms with E-state index in [0.717, 1.165) is 22.3 Å². The maximum Gasteiger partial charge on any atom is 0.407 e. The molecule has 35 heavy (non-hydrogen) atoms. The number of fused-ring (bicyclic) bond motifs is 3. The van der Waals surface area contributed by atoms with Crippen LogP contribution in [0.5, 0.6) is 0 Å². The second-order valence-electron chi connectivity index (χ2n) is 9.43. The SMILES string of the molecule is CC(C)[C@H](CC(=O)NC[C@@H]1[C@H](C(=O)O)C1(F)F)NC(=O)OCC1c2ccccc2-c2ccccc21. The first kappa shape index (κ1) is 24.6. The molecule has 0 aliphatic heterocycles. The Balaban J connectivity index is 1.30. The van der Waals surface area contributed by atoms with Crippen molar-refractivity contribution in [1.29, 1.82) is 0 Å². The Hall–Kier alpha value is -3.49. The number of hydrogen-bond donors (Lipinski definition) is 3. The molecule has 0 heterocycles. The predicted octanol–water partition coefficient (Wildman–Crippen LogP) is 4.02. The molecule has 2 aliphatic carbocycles. The summed E-state index contributed by atoms with van der Waals surface area (Å²) in [6.07, 6.45) is -0.809. The van der Waals surface area contributed by atoms with Crippen molar-refractivity contribution in [3.63, 3.8) is 0 Å². The fourth-order valence-electron chi connectivity index (χ4n) is 4.72. The molecule has 0 unspecified atom stereocenters. The van der Waals surface area contributed by atoms with E-state index in [9.17, 15) is 23.2 Å². The van der Waals surface area contributed by atoms with Crippen LogP contribution in [0.15, 0.2) is 48.5 Å². The topological polar surface area (TPSA) is 105 Å². The first-order valence-corrected chi connectivity index (χ1v) is 11.6. The maximum absolute atomic E-state index is 13.5. The summed E-state index contributed by atoms with van der Waals surface area (Å²) in [5.41, 5.74) is 4.39. The Morgan fingerprint density at radius 3 is 2.11 bits per heavy atom. The number of benzene rings is 2. The Morgan fingerprint density at radius 1 is 1.03 bits per heavy atom. The van der Waals surface area contributed by atoms with Crippen molar-refractivity contribution in [3.8, 4) is 11.1 Å². The van der Waals surface area contributed by atoms with Crippen molar-refractivity contribution in [3.05, 3.63) is 59.7 Å². The van der Waals surface area contributed by atoms with Crippen LogP contribution >= 0.6 is 0 Å². The fraction of sp³-hybridized carbons (Fsp3) is 0.423. The number of alkyl halides is 2. The third kappa shape index (κ3) is 4.99. The number of amides is 2. The molecule has 3 atom stereocenters. The van der Waals surface area contributed by atoms with Gasteiger partial charge in [0.15, 0.2) is 0 Å². The minimum Gasteiger partial charge on any atom is -0.481 e. The Morgan fingerprint density at radius 2 is 1.60 bits per heavy atom. The summed E-state index contributed by atoms with van der Waals surface area (Å²) in [6.45, 7) is 3.33. The number of carboxylic acids is 1. The lowest BCUT2D eigenvalue weighted by Crippen LogP contribution is -2.43. The number of carbonyl (C=O) groups excluding carboxylic acids is 2. The van der Waals surface area contributed by atoms with E-state index in [-0.39, 0.29) is 24.9 Å². The smallest absolute Gasteiger partial charge is 0.407 e. The van der Waals surface area contributed by atoms with Gasteiger partial charge < -0.3 is 20.5 Å². The summed E-state index contributed by atoms with van der Waals surface area (Å²) in [4.78, 5) is 35.7. The number of halogens is 2. The minimum atomic E-state index is -3.32. The number of carboxylic acid groups (broad SMARTS) is 1. The second kappa shape index (κ2) is 9.64. The molecule has 0 spiro atoms. The predicted molar refractivity (Wildman–Crippen MR) is 124 cm³/mol. The van der Waals surface area contributed by atoms with Crippen molar-refractivity contribution in [1.82, 2.24) is 10.6 Å². The highest BCUT2D eigenvalue weighted by Crippen LogP contribution is 2.54. The van der Waals surface area contributed by atoms with Crippen LogP contribution in [0.1, 0.15) is 37.3 Å². The summed E-state index contributed by atoms with van der Waals surface area (Å²) in [6, 6.07) is 15.4. The van der Waals surface area contributed by atoms with Crippen LogP contribution < -0.4 is 10.6 Å². The molecule has 0 aromatic heterocycles. The summed E-state index contributed by atoms with van der Waals surface area (Å²) >= 11 is 0. The van der Waals surface area contributed by atoms with Crippen molar-refractivity contribution < 1.29 is 33.0 Å². The molecule has 2 aliphatic rings. The normalized spacial score (nSPS) is 20.5. The van der Waals surface area contributed by atoms with E-state index < -0.39 is 48.3 Å². The van der Waals surface area contributed by atoms with E-state index in [2.05, 4.69) is 10.6 Å². The van der Waals surface area contributed by atoms with Gasteiger partial charge in [-0.1, -0.05) is 62.4 Å². The van der Waals surface area contributed by atoms with Gasteiger partial charge in [-0.05, 0) is 28.2 Å². The average molecular weight is 487 g/mol. The van der Waals surface area contributed by atoms with Crippen molar-refractivity contribution in [2.75, 3.05) is 13.2 Å². The van der Waals surface area contributed by atoms with Gasteiger partial charge in [0.05, 0.1) is 5.92 Å². The first-order valence-electron chi connectivity index (χ1n) is 11.6. The molecule has 7 nitrogen and oxygen atoms in total. The van der Waals surface area contributed by atoms with E-state index in [1.807, 2.05) is 62.4 Å². The highest BCUT2D eigenvalue weighted by molar-refractivity contribution is 5.80. The van der Waals surface area contributed by atoms with Crippen LogP contribution in [0.2, 0.25) is 0 Å². The lowest BCUT2D eigenvalue weighted by molar-refractivity contribution is -0.141. The number of aliphatic carboxylic acids is 1. The lowest BCUT2D eigenvalue weighted by Gasteiger charge is -2.22. The molecule has 2 amide bonds. The molecule has 0 radical (unpaired) electrons. The molecule has 2 aromatic rings. The zero-order valence-electron chi connectivity index (χ0n) is 19.5. The summed E-state index contributed by atoms with van der Waals surface area (Å²) in [5.74, 6) is -8.87. The monoisotopic (exact) mass is 486 g/mol. The molecular formula is C26H28F2N2O5. The van der Waals surface area contributed by atoms with Gasteiger partial charge in [-0.3, -0.25) is 9.59 Å². The summed E-state index contributed by atoms with van der Waals surface area (Å²) < 4.78 is 32.6. The molecule has 3 N–H and O–H groups in total. The highest BCUT2D eigenvalue weighted by Gasteiger charge is 2.72. The van der Waals surface area contributed by atoms with E-state index in [0.29, 0.717) is 0 Å². The van der Waals surface area contributed by atoms with E-state index in [4.69, 9.17) is 9.84 Å². The number of rotatable bonds is 9. The number of alkyl carbamates (subject to hydrolysis) is 1. The van der Waals surface area contributed by atoms with Crippen LogP contribution in [0, 0.1) is 17.8 Å². The third-order valence-electron chi connectivity index (χ3n) is 6.84. The molecule has 0 bridgehead atoms. The Bertz CT molecular complexity index is 1090. The van der Waals surface area contributed by atoms with Crippen LogP contribution in [-0.4, -0.2) is 48.2 Å². The zero-order chi connectivity index (χ0) is 25.3. The van der Waals surface area contributed by atoms with E-state index in [1.165, 1.54) is 0 Å². The number of nitrogens with one attached hydrogen (secondary N) is 2. The summed E-state index contributed by atoms with van der Waals surface area (Å²) in [7, 11) is 0. The van der Waals surface area contributed by atoms with Gasteiger partial charge in [0.1, 0.15) is 12.5 Å². The van der Waals surface area contributed by atoms with Gasteiger partial charge in [-0.2, -0.15) is 0 Å². The number of ether oxygens (including phenoxy) is 1. The number of carbonyl (C=O) groups is 3. The van der Waals surface area contributed by atoms with Gasteiger partial charge >= 0.3 is 12.1 Å². The first-order chi connectivity index (χ1) is 16.6. The molecule has 9 heteroatoms. The number of hydrogen-bond acceptors (Lipinski definition) is 4.